The average molecular weight is 320 g/mol. The molecule has 3 nitrogen and oxygen atoms in total. The van der Waals surface area contributed by atoms with Gasteiger partial charge in [-0.2, -0.15) is 0 Å². The van der Waals surface area contributed by atoms with Crippen LogP contribution >= 0.6 is 27.5 Å². The van der Waals surface area contributed by atoms with E-state index in [2.05, 4.69) is 21.2 Å². The number of carbonyl (C=O) groups excluding carboxylic acids is 1. The third kappa shape index (κ3) is 4.66. The van der Waals surface area contributed by atoms with E-state index in [0.717, 1.165) is 4.47 Å². The number of anilines is 1. The van der Waals surface area contributed by atoms with Gasteiger partial charge < -0.3 is 11.1 Å². The molecule has 1 atom stereocenters. The summed E-state index contributed by atoms with van der Waals surface area (Å²) in [5.41, 5.74) is 6.43. The smallest absolute Gasteiger partial charge is 0.241 e. The van der Waals surface area contributed by atoms with E-state index < -0.39 is 6.04 Å². The zero-order valence-electron chi connectivity index (χ0n) is 9.84. The highest BCUT2D eigenvalue weighted by Gasteiger charge is 2.16. The summed E-state index contributed by atoms with van der Waals surface area (Å²) in [4.78, 5) is 11.8. The van der Waals surface area contributed by atoms with E-state index in [9.17, 15) is 4.79 Å². The van der Waals surface area contributed by atoms with Crippen LogP contribution in [0, 0.1) is 5.92 Å². The zero-order valence-corrected chi connectivity index (χ0v) is 12.2. The van der Waals surface area contributed by atoms with Gasteiger partial charge >= 0.3 is 0 Å². The first-order valence-corrected chi connectivity index (χ1v) is 6.58. The Morgan fingerprint density at radius 3 is 2.76 bits per heavy atom. The van der Waals surface area contributed by atoms with Crippen molar-refractivity contribution >= 4 is 39.1 Å². The number of carbonyl (C=O) groups is 1. The molecule has 0 aliphatic heterocycles. The Morgan fingerprint density at radius 1 is 1.53 bits per heavy atom. The lowest BCUT2D eigenvalue weighted by Gasteiger charge is -2.15. The fourth-order valence-electron chi connectivity index (χ4n) is 1.43. The molecule has 0 saturated heterocycles. The molecule has 17 heavy (non-hydrogen) atoms. The molecule has 1 amide bonds. The van der Waals surface area contributed by atoms with Gasteiger partial charge in [0.1, 0.15) is 0 Å². The summed E-state index contributed by atoms with van der Waals surface area (Å²) < 4.78 is 0.784. The molecule has 0 heterocycles. The normalized spacial score (nSPS) is 12.6. The second kappa shape index (κ2) is 6.38. The Labute approximate surface area is 115 Å². The summed E-state index contributed by atoms with van der Waals surface area (Å²) in [5, 5.41) is 3.33. The lowest BCUT2D eigenvalue weighted by molar-refractivity contribution is -0.117. The van der Waals surface area contributed by atoms with Gasteiger partial charge in [-0.05, 0) is 46.5 Å². The largest absolute Gasteiger partial charge is 0.324 e. The number of nitrogens with two attached hydrogens (primary N) is 1. The summed E-state index contributed by atoms with van der Waals surface area (Å²) in [7, 11) is 0. The van der Waals surface area contributed by atoms with E-state index in [0.29, 0.717) is 23.0 Å². The molecule has 0 bridgehead atoms. The summed E-state index contributed by atoms with van der Waals surface area (Å²) >= 11 is 9.21. The van der Waals surface area contributed by atoms with E-state index in [1.165, 1.54) is 0 Å². The molecular weight excluding hydrogens is 304 g/mol. The minimum absolute atomic E-state index is 0.193. The van der Waals surface area contributed by atoms with E-state index >= 15 is 0 Å². The Hall–Kier alpha value is -0.580. The van der Waals surface area contributed by atoms with Gasteiger partial charge in [0.25, 0.3) is 0 Å². The van der Waals surface area contributed by atoms with Gasteiger partial charge in [-0.3, -0.25) is 4.79 Å². The number of hydrogen-bond donors (Lipinski definition) is 2. The van der Waals surface area contributed by atoms with Crippen LogP contribution in [0.1, 0.15) is 20.3 Å². The number of halogens is 2. The molecule has 0 aromatic heterocycles. The van der Waals surface area contributed by atoms with Gasteiger partial charge in [-0.15, -0.1) is 0 Å². The molecule has 0 radical (unpaired) electrons. The summed E-state index contributed by atoms with van der Waals surface area (Å²) in [6.45, 7) is 4.06. The highest BCUT2D eigenvalue weighted by atomic mass is 79.9. The predicted molar refractivity (Wildman–Crippen MR) is 75.2 cm³/mol. The molecule has 3 N–H and O–H groups in total. The van der Waals surface area contributed by atoms with Gasteiger partial charge in [0.05, 0.1) is 11.7 Å². The second-order valence-corrected chi connectivity index (χ2v) is 5.64. The van der Waals surface area contributed by atoms with Gasteiger partial charge in [0.15, 0.2) is 0 Å². The van der Waals surface area contributed by atoms with Crippen molar-refractivity contribution in [1.29, 1.82) is 0 Å². The monoisotopic (exact) mass is 318 g/mol. The van der Waals surface area contributed by atoms with Crippen LogP contribution in [-0.4, -0.2) is 11.9 Å². The van der Waals surface area contributed by atoms with Crippen LogP contribution in [0.5, 0.6) is 0 Å². The standard InChI is InChI=1S/C12H16BrClN2O/c1-7(2)5-10(15)12(17)16-11-6-8(14)3-4-9(11)13/h3-4,6-7,10H,5,15H2,1-2H3,(H,16,17)/t10-/m1/s1. The maximum Gasteiger partial charge on any atom is 0.241 e. The Kier molecular flexibility index (Phi) is 5.43. The van der Waals surface area contributed by atoms with Crippen molar-refractivity contribution in [3.05, 3.63) is 27.7 Å². The molecule has 0 aliphatic carbocycles. The molecule has 0 aliphatic rings. The third-order valence-electron chi connectivity index (χ3n) is 2.25. The zero-order chi connectivity index (χ0) is 13.0. The minimum atomic E-state index is -0.499. The first-order valence-electron chi connectivity index (χ1n) is 5.41. The lowest BCUT2D eigenvalue weighted by Crippen LogP contribution is -2.36. The number of benzene rings is 1. The van der Waals surface area contributed by atoms with E-state index in [1.54, 1.807) is 18.2 Å². The summed E-state index contributed by atoms with van der Waals surface area (Å²) in [6.07, 6.45) is 0.657. The Bertz CT molecular complexity index is 409. The highest BCUT2D eigenvalue weighted by Crippen LogP contribution is 2.26. The average Bonchev–Trinajstić information content (AvgIpc) is 2.22. The van der Waals surface area contributed by atoms with Gasteiger partial charge in [0, 0.05) is 9.50 Å². The van der Waals surface area contributed by atoms with E-state index in [-0.39, 0.29) is 5.91 Å². The van der Waals surface area contributed by atoms with Crippen molar-refractivity contribution in [1.82, 2.24) is 0 Å². The van der Waals surface area contributed by atoms with Crippen molar-refractivity contribution in [2.45, 2.75) is 26.3 Å². The quantitative estimate of drug-likeness (QED) is 0.893. The molecule has 1 aromatic carbocycles. The fraction of sp³-hybridized carbons (Fsp3) is 0.417. The highest BCUT2D eigenvalue weighted by molar-refractivity contribution is 9.10. The molecule has 0 spiro atoms. The first kappa shape index (κ1) is 14.5. The van der Waals surface area contributed by atoms with Gasteiger partial charge in [-0.25, -0.2) is 0 Å². The predicted octanol–water partition coefficient (Wildman–Crippen LogP) is 3.41. The number of rotatable bonds is 4. The topological polar surface area (TPSA) is 55.1 Å². The molecule has 0 fully saturated rings. The van der Waals surface area contributed by atoms with Crippen LogP contribution in [0.2, 0.25) is 5.02 Å². The molecule has 0 unspecified atom stereocenters. The Balaban J connectivity index is 2.70. The Morgan fingerprint density at radius 2 is 2.18 bits per heavy atom. The molecule has 94 valence electrons. The van der Waals surface area contributed by atoms with Gasteiger partial charge in [0.2, 0.25) is 5.91 Å². The summed E-state index contributed by atoms with van der Waals surface area (Å²) in [6, 6.07) is 4.72. The second-order valence-electron chi connectivity index (χ2n) is 4.35. The maximum atomic E-state index is 11.8. The number of hydrogen-bond acceptors (Lipinski definition) is 2. The van der Waals surface area contributed by atoms with Crippen LogP contribution in [0.15, 0.2) is 22.7 Å². The molecular formula is C12H16BrClN2O. The van der Waals surface area contributed by atoms with Crippen molar-refractivity contribution in [3.8, 4) is 0 Å². The first-order chi connectivity index (χ1) is 7.90. The van der Waals surface area contributed by atoms with E-state index in [4.69, 9.17) is 17.3 Å². The van der Waals surface area contributed by atoms with E-state index in [1.807, 2.05) is 13.8 Å². The lowest BCUT2D eigenvalue weighted by atomic mass is 10.0. The number of nitrogens with one attached hydrogen (secondary N) is 1. The van der Waals surface area contributed by atoms with Crippen LogP contribution in [0.4, 0.5) is 5.69 Å². The van der Waals surface area contributed by atoms with Crippen molar-refractivity contribution in [3.63, 3.8) is 0 Å². The van der Waals surface area contributed by atoms with Crippen molar-refractivity contribution in [2.75, 3.05) is 5.32 Å². The molecule has 5 heteroatoms. The maximum absolute atomic E-state index is 11.8. The van der Waals surface area contributed by atoms with Crippen molar-refractivity contribution in [2.24, 2.45) is 11.7 Å². The van der Waals surface area contributed by atoms with Gasteiger partial charge in [-0.1, -0.05) is 25.4 Å². The van der Waals surface area contributed by atoms with Crippen LogP contribution < -0.4 is 11.1 Å². The summed E-state index contributed by atoms with van der Waals surface area (Å²) in [5.74, 6) is 0.195. The molecule has 1 aromatic rings. The van der Waals surface area contributed by atoms with Crippen LogP contribution in [0.25, 0.3) is 0 Å². The molecule has 0 saturated carbocycles. The fourth-order valence-corrected chi connectivity index (χ4v) is 1.95. The molecule has 1 rings (SSSR count). The van der Waals surface area contributed by atoms with Crippen LogP contribution in [0.3, 0.4) is 0 Å². The van der Waals surface area contributed by atoms with Crippen molar-refractivity contribution < 1.29 is 4.79 Å². The minimum Gasteiger partial charge on any atom is -0.324 e. The SMILES string of the molecule is CC(C)C[C@@H](N)C(=O)Nc1cc(Cl)ccc1Br. The third-order valence-corrected chi connectivity index (χ3v) is 3.17. The van der Waals surface area contributed by atoms with Crippen LogP contribution in [-0.2, 0) is 4.79 Å². The number of amides is 1.